The normalized spacial score (nSPS) is 16.2. The molecular formula is C12H14ClNO2. The van der Waals surface area contributed by atoms with E-state index in [4.69, 9.17) is 15.2 Å². The van der Waals surface area contributed by atoms with Crippen molar-refractivity contribution < 1.29 is 9.47 Å². The van der Waals surface area contributed by atoms with Crippen LogP contribution in [0.2, 0.25) is 0 Å². The summed E-state index contributed by atoms with van der Waals surface area (Å²) >= 11 is 0. The molecule has 1 heterocycles. The first-order valence-electron chi connectivity index (χ1n) is 5.20. The molecule has 0 spiro atoms. The van der Waals surface area contributed by atoms with E-state index in [1.807, 2.05) is 0 Å². The summed E-state index contributed by atoms with van der Waals surface area (Å²) in [5.74, 6) is 1.71. The quantitative estimate of drug-likeness (QED) is 0.817. The number of allylic oxidation sites excluding steroid dienone is 1. The third-order valence-electron chi connectivity index (χ3n) is 2.97. The number of nitrogens with two attached hydrogens (primary N) is 1. The molecule has 0 saturated heterocycles. The van der Waals surface area contributed by atoms with Gasteiger partial charge in [0.15, 0.2) is 11.5 Å². The highest BCUT2D eigenvalue weighted by molar-refractivity contribution is 5.85. The number of aryl methyl sites for hydroxylation is 1. The summed E-state index contributed by atoms with van der Waals surface area (Å²) in [4.78, 5) is 0. The van der Waals surface area contributed by atoms with Crippen LogP contribution in [0, 0.1) is 0 Å². The Labute approximate surface area is 101 Å². The molecule has 16 heavy (non-hydrogen) atoms. The van der Waals surface area contributed by atoms with E-state index >= 15 is 0 Å². The summed E-state index contributed by atoms with van der Waals surface area (Å²) in [5, 5.41) is 0. The van der Waals surface area contributed by atoms with Crippen LogP contribution in [0.4, 0.5) is 0 Å². The third-order valence-corrected chi connectivity index (χ3v) is 2.97. The van der Waals surface area contributed by atoms with Crippen LogP contribution >= 0.6 is 12.4 Å². The van der Waals surface area contributed by atoms with Crippen molar-refractivity contribution in [1.29, 1.82) is 0 Å². The van der Waals surface area contributed by atoms with Crippen molar-refractivity contribution in [3.8, 4) is 11.5 Å². The Kier molecular flexibility index (Phi) is 3.08. The van der Waals surface area contributed by atoms with E-state index in [-0.39, 0.29) is 12.4 Å². The Hall–Kier alpha value is -1.19. The van der Waals surface area contributed by atoms with E-state index in [2.05, 4.69) is 18.2 Å². The lowest BCUT2D eigenvalue weighted by Crippen LogP contribution is -2.08. The number of hydrogen-bond acceptors (Lipinski definition) is 3. The monoisotopic (exact) mass is 239 g/mol. The standard InChI is InChI=1S/C12H13NO2.ClH/c13-6-9-3-1-2-8-4-11-12(5-10(8)9)15-7-14-11;/h3-5H,1-2,6-7,13H2;1H. The number of rotatable bonds is 1. The van der Waals surface area contributed by atoms with Crippen molar-refractivity contribution >= 4 is 18.0 Å². The lowest BCUT2D eigenvalue weighted by atomic mass is 9.90. The van der Waals surface area contributed by atoms with Crippen LogP contribution in [-0.4, -0.2) is 13.3 Å². The number of ether oxygens (including phenoxy) is 2. The molecule has 0 fully saturated rings. The molecule has 2 N–H and O–H groups in total. The molecule has 1 aliphatic carbocycles. The fourth-order valence-corrected chi connectivity index (χ4v) is 2.19. The molecule has 0 aromatic heterocycles. The summed E-state index contributed by atoms with van der Waals surface area (Å²) in [6.07, 6.45) is 4.35. The van der Waals surface area contributed by atoms with Crippen molar-refractivity contribution in [2.75, 3.05) is 13.3 Å². The maximum absolute atomic E-state index is 5.72. The summed E-state index contributed by atoms with van der Waals surface area (Å²) < 4.78 is 10.7. The summed E-state index contributed by atoms with van der Waals surface area (Å²) in [7, 11) is 0. The molecule has 0 amide bonds. The molecule has 1 aliphatic heterocycles. The Morgan fingerprint density at radius 1 is 1.19 bits per heavy atom. The van der Waals surface area contributed by atoms with Gasteiger partial charge < -0.3 is 15.2 Å². The minimum atomic E-state index is 0. The van der Waals surface area contributed by atoms with Gasteiger partial charge in [-0.25, -0.2) is 0 Å². The largest absolute Gasteiger partial charge is 0.454 e. The van der Waals surface area contributed by atoms with Crippen LogP contribution in [0.3, 0.4) is 0 Å². The highest BCUT2D eigenvalue weighted by Crippen LogP contribution is 2.38. The van der Waals surface area contributed by atoms with Gasteiger partial charge in [-0.2, -0.15) is 0 Å². The molecule has 0 bridgehead atoms. The molecule has 0 unspecified atom stereocenters. The second-order valence-corrected chi connectivity index (χ2v) is 3.83. The van der Waals surface area contributed by atoms with E-state index in [1.54, 1.807) is 0 Å². The molecule has 86 valence electrons. The van der Waals surface area contributed by atoms with Gasteiger partial charge in [0, 0.05) is 6.54 Å². The number of hydrogen-bond donors (Lipinski definition) is 1. The van der Waals surface area contributed by atoms with Crippen LogP contribution in [0.1, 0.15) is 17.5 Å². The van der Waals surface area contributed by atoms with Gasteiger partial charge in [0.2, 0.25) is 6.79 Å². The summed E-state index contributed by atoms with van der Waals surface area (Å²) in [6.45, 7) is 0.923. The molecule has 3 nitrogen and oxygen atoms in total. The summed E-state index contributed by atoms with van der Waals surface area (Å²) in [6, 6.07) is 4.13. The average Bonchev–Trinajstić information content (AvgIpc) is 2.72. The maximum Gasteiger partial charge on any atom is 0.231 e. The SMILES string of the molecule is Cl.NCC1=CCCc2cc3c(cc21)OCO3. The first-order chi connectivity index (χ1) is 7.38. The molecule has 1 aromatic carbocycles. The first kappa shape index (κ1) is 11.3. The predicted molar refractivity (Wildman–Crippen MR) is 65.2 cm³/mol. The molecule has 0 radical (unpaired) electrons. The highest BCUT2D eigenvalue weighted by atomic mass is 35.5. The van der Waals surface area contributed by atoms with Crippen LogP contribution in [-0.2, 0) is 6.42 Å². The molecule has 0 saturated carbocycles. The molecule has 2 aliphatic rings. The van der Waals surface area contributed by atoms with Crippen molar-refractivity contribution in [2.24, 2.45) is 5.73 Å². The molecular weight excluding hydrogens is 226 g/mol. The topological polar surface area (TPSA) is 44.5 Å². The van der Waals surface area contributed by atoms with Gasteiger partial charge in [-0.3, -0.25) is 0 Å². The number of halogens is 1. The molecule has 1 aromatic rings. The summed E-state index contributed by atoms with van der Waals surface area (Å²) in [5.41, 5.74) is 9.49. The minimum Gasteiger partial charge on any atom is -0.454 e. The first-order valence-corrected chi connectivity index (χ1v) is 5.20. The third kappa shape index (κ3) is 1.66. The Balaban J connectivity index is 0.000000963. The molecule has 0 atom stereocenters. The van der Waals surface area contributed by atoms with E-state index in [0.717, 1.165) is 24.3 Å². The van der Waals surface area contributed by atoms with Gasteiger partial charge in [-0.1, -0.05) is 6.08 Å². The van der Waals surface area contributed by atoms with Gasteiger partial charge in [-0.05, 0) is 41.7 Å². The lowest BCUT2D eigenvalue weighted by Gasteiger charge is -2.17. The Bertz CT molecular complexity index is 443. The lowest BCUT2D eigenvalue weighted by molar-refractivity contribution is 0.174. The number of benzene rings is 1. The fourth-order valence-electron chi connectivity index (χ4n) is 2.19. The van der Waals surface area contributed by atoms with E-state index in [1.165, 1.54) is 16.7 Å². The van der Waals surface area contributed by atoms with Gasteiger partial charge >= 0.3 is 0 Å². The zero-order chi connectivity index (χ0) is 10.3. The van der Waals surface area contributed by atoms with E-state index in [0.29, 0.717) is 13.3 Å². The zero-order valence-corrected chi connectivity index (χ0v) is 9.68. The molecule has 4 heteroatoms. The smallest absolute Gasteiger partial charge is 0.231 e. The van der Waals surface area contributed by atoms with Crippen LogP contribution in [0.5, 0.6) is 11.5 Å². The fraction of sp³-hybridized carbons (Fsp3) is 0.333. The Morgan fingerprint density at radius 2 is 1.94 bits per heavy atom. The maximum atomic E-state index is 5.72. The van der Waals surface area contributed by atoms with Crippen molar-refractivity contribution in [3.63, 3.8) is 0 Å². The van der Waals surface area contributed by atoms with Gasteiger partial charge in [0.05, 0.1) is 0 Å². The second-order valence-electron chi connectivity index (χ2n) is 3.83. The van der Waals surface area contributed by atoms with Crippen LogP contribution in [0.25, 0.3) is 5.57 Å². The zero-order valence-electron chi connectivity index (χ0n) is 8.86. The van der Waals surface area contributed by atoms with Gasteiger partial charge in [0.25, 0.3) is 0 Å². The number of fused-ring (bicyclic) bond motifs is 2. The average molecular weight is 240 g/mol. The Morgan fingerprint density at radius 3 is 2.69 bits per heavy atom. The molecule has 3 rings (SSSR count). The predicted octanol–water partition coefficient (Wildman–Crippen LogP) is 2.13. The second kappa shape index (κ2) is 4.36. The van der Waals surface area contributed by atoms with Gasteiger partial charge in [0.1, 0.15) is 0 Å². The van der Waals surface area contributed by atoms with Crippen LogP contribution in [0.15, 0.2) is 18.2 Å². The van der Waals surface area contributed by atoms with Crippen LogP contribution < -0.4 is 15.2 Å². The van der Waals surface area contributed by atoms with Crippen molar-refractivity contribution in [1.82, 2.24) is 0 Å². The highest BCUT2D eigenvalue weighted by Gasteiger charge is 2.19. The van der Waals surface area contributed by atoms with E-state index in [9.17, 15) is 0 Å². The minimum absolute atomic E-state index is 0. The van der Waals surface area contributed by atoms with Gasteiger partial charge in [-0.15, -0.1) is 12.4 Å². The van der Waals surface area contributed by atoms with E-state index < -0.39 is 0 Å². The van der Waals surface area contributed by atoms with Crippen molar-refractivity contribution in [3.05, 3.63) is 29.3 Å². The van der Waals surface area contributed by atoms with Crippen molar-refractivity contribution in [2.45, 2.75) is 12.8 Å².